The van der Waals surface area contributed by atoms with E-state index in [0.29, 0.717) is 12.8 Å². The van der Waals surface area contributed by atoms with Crippen LogP contribution >= 0.6 is 23.2 Å². The van der Waals surface area contributed by atoms with Gasteiger partial charge in [0.1, 0.15) is 0 Å². The van der Waals surface area contributed by atoms with Gasteiger partial charge in [-0.15, -0.1) is 0 Å². The second-order valence-electron chi connectivity index (χ2n) is 4.80. The molecule has 1 aliphatic rings. The third kappa shape index (κ3) is 3.36. The van der Waals surface area contributed by atoms with E-state index in [1.807, 2.05) is 0 Å². The Morgan fingerprint density at radius 2 is 1.86 bits per heavy atom. The fraction of sp³-hybridized carbons (Fsp3) is 0.286. The summed E-state index contributed by atoms with van der Waals surface area (Å²) < 4.78 is 22.9. The van der Waals surface area contributed by atoms with E-state index in [1.54, 1.807) is 0 Å². The standard InChI is InChI=1S/C14H12Cl2O4S/c1-21(19,20)8-5-6-9(11(16)7-8)14(18)13-10(15)3-2-4-12(13)17/h5-7H,2-4H2,1H3. The molecule has 0 saturated carbocycles. The van der Waals surface area contributed by atoms with Crippen LogP contribution in [0.2, 0.25) is 5.02 Å². The minimum absolute atomic E-state index is 0.0131. The van der Waals surface area contributed by atoms with Crippen LogP contribution in [0, 0.1) is 0 Å². The van der Waals surface area contributed by atoms with Crippen LogP contribution in [0.1, 0.15) is 29.6 Å². The van der Waals surface area contributed by atoms with Crippen LogP contribution in [0.4, 0.5) is 0 Å². The predicted octanol–water partition coefficient (Wildman–Crippen LogP) is 3.17. The van der Waals surface area contributed by atoms with E-state index in [9.17, 15) is 18.0 Å². The monoisotopic (exact) mass is 346 g/mol. The second-order valence-corrected chi connectivity index (χ2v) is 7.68. The van der Waals surface area contributed by atoms with Crippen LogP contribution < -0.4 is 0 Å². The molecule has 0 saturated heterocycles. The number of hydrogen-bond acceptors (Lipinski definition) is 4. The lowest BCUT2D eigenvalue weighted by Gasteiger charge is -2.14. The lowest BCUT2D eigenvalue weighted by molar-refractivity contribution is -0.115. The van der Waals surface area contributed by atoms with Crippen molar-refractivity contribution in [3.8, 4) is 0 Å². The van der Waals surface area contributed by atoms with Gasteiger partial charge in [-0.1, -0.05) is 23.2 Å². The Morgan fingerprint density at radius 3 is 2.38 bits per heavy atom. The van der Waals surface area contributed by atoms with E-state index in [1.165, 1.54) is 18.2 Å². The first-order valence-electron chi connectivity index (χ1n) is 6.18. The minimum Gasteiger partial charge on any atom is -0.294 e. The Labute approximate surface area is 132 Å². The molecule has 1 aliphatic carbocycles. The number of hydrogen-bond donors (Lipinski definition) is 0. The number of ketones is 2. The Morgan fingerprint density at radius 1 is 1.19 bits per heavy atom. The van der Waals surface area contributed by atoms with Crippen LogP contribution in [0.3, 0.4) is 0 Å². The van der Waals surface area contributed by atoms with Crippen molar-refractivity contribution in [3.05, 3.63) is 39.4 Å². The van der Waals surface area contributed by atoms with Gasteiger partial charge in [-0.05, 0) is 31.0 Å². The first-order chi connectivity index (χ1) is 9.71. The Bertz CT molecular complexity index is 763. The van der Waals surface area contributed by atoms with Gasteiger partial charge in [0.05, 0.1) is 15.5 Å². The summed E-state index contributed by atoms with van der Waals surface area (Å²) in [7, 11) is -3.41. The summed E-state index contributed by atoms with van der Waals surface area (Å²) in [4.78, 5) is 24.3. The Hall–Kier alpha value is -1.17. The predicted molar refractivity (Wildman–Crippen MR) is 80.6 cm³/mol. The number of sulfone groups is 1. The van der Waals surface area contributed by atoms with Crippen LogP contribution in [0.5, 0.6) is 0 Å². The molecule has 2 rings (SSSR count). The van der Waals surface area contributed by atoms with Gasteiger partial charge < -0.3 is 0 Å². The van der Waals surface area contributed by atoms with E-state index in [2.05, 4.69) is 0 Å². The smallest absolute Gasteiger partial charge is 0.199 e. The Balaban J connectivity index is 2.48. The molecule has 0 atom stereocenters. The van der Waals surface area contributed by atoms with Crippen LogP contribution in [0.25, 0.3) is 0 Å². The number of Topliss-reactive ketones (excluding diaryl/α,β-unsaturated/α-hetero) is 2. The third-order valence-corrected chi connectivity index (χ3v) is 4.99. The number of rotatable bonds is 3. The number of halogens is 2. The maximum atomic E-state index is 12.4. The highest BCUT2D eigenvalue weighted by atomic mass is 35.5. The summed E-state index contributed by atoms with van der Waals surface area (Å²) in [6, 6.07) is 3.79. The quantitative estimate of drug-likeness (QED) is 0.622. The van der Waals surface area contributed by atoms with Gasteiger partial charge in [-0.25, -0.2) is 8.42 Å². The van der Waals surface area contributed by atoms with E-state index < -0.39 is 15.6 Å². The zero-order valence-corrected chi connectivity index (χ0v) is 13.5. The average Bonchev–Trinajstić information content (AvgIpc) is 2.37. The summed E-state index contributed by atoms with van der Waals surface area (Å²) in [6.45, 7) is 0. The minimum atomic E-state index is -3.41. The average molecular weight is 347 g/mol. The molecular weight excluding hydrogens is 335 g/mol. The van der Waals surface area contributed by atoms with Gasteiger partial charge in [-0.3, -0.25) is 9.59 Å². The van der Waals surface area contributed by atoms with Gasteiger partial charge in [0, 0.05) is 23.3 Å². The zero-order chi connectivity index (χ0) is 15.8. The third-order valence-electron chi connectivity index (χ3n) is 3.19. The number of carbonyl (C=O) groups excluding carboxylic acids is 2. The topological polar surface area (TPSA) is 68.3 Å². The highest BCUT2D eigenvalue weighted by molar-refractivity contribution is 7.90. The van der Waals surface area contributed by atoms with E-state index >= 15 is 0 Å². The van der Waals surface area contributed by atoms with Gasteiger partial charge in [0.25, 0.3) is 0 Å². The van der Waals surface area contributed by atoms with Gasteiger partial charge in [-0.2, -0.15) is 0 Å². The molecule has 0 unspecified atom stereocenters. The van der Waals surface area contributed by atoms with Gasteiger partial charge in [0.15, 0.2) is 21.4 Å². The number of carbonyl (C=O) groups is 2. The lowest BCUT2D eigenvalue weighted by Crippen LogP contribution is -2.18. The highest BCUT2D eigenvalue weighted by Crippen LogP contribution is 2.30. The molecule has 7 heteroatoms. The molecule has 0 amide bonds. The fourth-order valence-electron chi connectivity index (χ4n) is 2.10. The largest absolute Gasteiger partial charge is 0.294 e. The van der Waals surface area contributed by atoms with Crippen molar-refractivity contribution in [2.24, 2.45) is 0 Å². The molecule has 0 bridgehead atoms. The molecule has 1 aromatic rings. The molecule has 112 valence electrons. The molecule has 0 radical (unpaired) electrons. The maximum Gasteiger partial charge on any atom is 0.199 e. The molecule has 0 fully saturated rings. The SMILES string of the molecule is CS(=O)(=O)c1ccc(C(=O)C2=C(Cl)CCCC2=O)c(Cl)c1. The van der Waals surface area contributed by atoms with Crippen molar-refractivity contribution in [2.75, 3.05) is 6.26 Å². The Kier molecular flexibility index (Phi) is 4.56. The second kappa shape index (κ2) is 5.91. The zero-order valence-electron chi connectivity index (χ0n) is 11.2. The van der Waals surface area contributed by atoms with Crippen molar-refractivity contribution >= 4 is 44.6 Å². The van der Waals surface area contributed by atoms with Crippen molar-refractivity contribution < 1.29 is 18.0 Å². The number of allylic oxidation sites excluding steroid dienone is 2. The van der Waals surface area contributed by atoms with E-state index in [4.69, 9.17) is 23.2 Å². The normalized spacial score (nSPS) is 16.2. The summed E-state index contributed by atoms with van der Waals surface area (Å²) in [6.07, 6.45) is 2.42. The summed E-state index contributed by atoms with van der Waals surface area (Å²) >= 11 is 12.0. The molecule has 1 aromatic carbocycles. The van der Waals surface area contributed by atoms with Gasteiger partial charge >= 0.3 is 0 Å². The fourth-order valence-corrected chi connectivity index (χ4v) is 3.40. The van der Waals surface area contributed by atoms with Crippen molar-refractivity contribution in [1.29, 1.82) is 0 Å². The van der Waals surface area contributed by atoms with Crippen LogP contribution in [0.15, 0.2) is 33.7 Å². The molecule has 21 heavy (non-hydrogen) atoms. The summed E-state index contributed by atoms with van der Waals surface area (Å²) in [5, 5.41) is 0.220. The van der Waals surface area contributed by atoms with Crippen LogP contribution in [-0.2, 0) is 14.6 Å². The number of benzene rings is 1. The lowest BCUT2D eigenvalue weighted by atomic mass is 9.91. The highest BCUT2D eigenvalue weighted by Gasteiger charge is 2.28. The van der Waals surface area contributed by atoms with Crippen molar-refractivity contribution in [2.45, 2.75) is 24.2 Å². The summed E-state index contributed by atoms with van der Waals surface area (Å²) in [5.74, 6) is -0.866. The molecular formula is C14H12Cl2O4S. The summed E-state index contributed by atoms with van der Waals surface area (Å²) in [5.41, 5.74) is 0.0318. The van der Waals surface area contributed by atoms with E-state index in [0.717, 1.165) is 6.26 Å². The molecule has 0 N–H and O–H groups in total. The molecule has 0 aliphatic heterocycles. The van der Waals surface area contributed by atoms with Gasteiger partial charge in [0.2, 0.25) is 0 Å². The first kappa shape index (κ1) is 16.2. The molecule has 0 heterocycles. The maximum absolute atomic E-state index is 12.4. The van der Waals surface area contributed by atoms with Crippen molar-refractivity contribution in [3.63, 3.8) is 0 Å². The van der Waals surface area contributed by atoms with Crippen LogP contribution in [-0.4, -0.2) is 26.2 Å². The molecule has 4 nitrogen and oxygen atoms in total. The molecule has 0 aromatic heterocycles. The van der Waals surface area contributed by atoms with Crippen molar-refractivity contribution in [1.82, 2.24) is 0 Å². The first-order valence-corrected chi connectivity index (χ1v) is 8.82. The van der Waals surface area contributed by atoms with E-state index in [-0.39, 0.29) is 38.3 Å². The molecule has 0 spiro atoms.